The third kappa shape index (κ3) is 2.70. The smallest absolute Gasteiger partial charge is 0.271 e. The fraction of sp³-hybridized carbons (Fsp3) is 0.357. The normalized spacial score (nSPS) is 14.2. The first-order valence-corrected chi connectivity index (χ1v) is 6.73. The van der Waals surface area contributed by atoms with Crippen LogP contribution < -0.4 is 10.6 Å². The van der Waals surface area contributed by atoms with Crippen LogP contribution in [0.1, 0.15) is 28.9 Å². The maximum absolute atomic E-state index is 11.5. The lowest BCUT2D eigenvalue weighted by Crippen LogP contribution is -2.19. The van der Waals surface area contributed by atoms with Crippen LogP contribution in [0, 0.1) is 0 Å². The van der Waals surface area contributed by atoms with Gasteiger partial charge in [-0.15, -0.1) is 0 Å². The van der Waals surface area contributed by atoms with Crippen molar-refractivity contribution in [2.45, 2.75) is 25.4 Å². The number of carbonyl (C=O) groups is 1. The number of carbonyl (C=O) groups excluding carboxylic acids is 1. The minimum atomic E-state index is -0.197. The Labute approximate surface area is 117 Å². The van der Waals surface area contributed by atoms with Crippen molar-refractivity contribution in [1.82, 2.24) is 25.4 Å². The molecule has 104 valence electrons. The zero-order valence-electron chi connectivity index (χ0n) is 11.3. The van der Waals surface area contributed by atoms with Gasteiger partial charge in [0.2, 0.25) is 0 Å². The highest BCUT2D eigenvalue weighted by atomic mass is 16.1. The largest absolute Gasteiger partial charge is 0.354 e. The highest BCUT2D eigenvalue weighted by Crippen LogP contribution is 2.20. The maximum atomic E-state index is 11.5. The minimum absolute atomic E-state index is 0.197. The second kappa shape index (κ2) is 5.42. The Hall–Kier alpha value is -2.21. The van der Waals surface area contributed by atoms with E-state index in [1.165, 1.54) is 12.8 Å². The molecule has 0 aliphatic heterocycles. The van der Waals surface area contributed by atoms with Gasteiger partial charge < -0.3 is 10.6 Å². The molecule has 0 radical (unpaired) electrons. The second-order valence-corrected chi connectivity index (χ2v) is 4.87. The lowest BCUT2D eigenvalue weighted by atomic mass is 10.2. The van der Waals surface area contributed by atoms with Crippen LogP contribution in [0.25, 0.3) is 5.82 Å². The quantitative estimate of drug-likeness (QED) is 0.847. The van der Waals surface area contributed by atoms with Crippen LogP contribution in [0.5, 0.6) is 0 Å². The van der Waals surface area contributed by atoms with Crippen molar-refractivity contribution in [3.8, 4) is 5.82 Å². The van der Waals surface area contributed by atoms with E-state index in [4.69, 9.17) is 0 Å². The second-order valence-electron chi connectivity index (χ2n) is 4.87. The van der Waals surface area contributed by atoms with Crippen molar-refractivity contribution in [2.75, 3.05) is 7.05 Å². The van der Waals surface area contributed by atoms with Gasteiger partial charge in [0.25, 0.3) is 5.91 Å². The lowest BCUT2D eigenvalue weighted by Gasteiger charge is -2.08. The Bertz CT molecular complexity index is 618. The molecule has 3 rings (SSSR count). The van der Waals surface area contributed by atoms with Crippen molar-refractivity contribution in [3.63, 3.8) is 0 Å². The molecule has 1 saturated carbocycles. The van der Waals surface area contributed by atoms with Gasteiger partial charge in [-0.3, -0.25) is 4.79 Å². The molecular formula is C14H17N5O. The molecule has 0 bridgehead atoms. The van der Waals surface area contributed by atoms with Crippen LogP contribution in [0.15, 0.2) is 30.6 Å². The molecule has 0 aromatic carbocycles. The van der Waals surface area contributed by atoms with E-state index in [2.05, 4.69) is 20.7 Å². The van der Waals surface area contributed by atoms with E-state index in [0.29, 0.717) is 11.7 Å². The van der Waals surface area contributed by atoms with Gasteiger partial charge in [0, 0.05) is 37.6 Å². The molecule has 2 N–H and O–H groups in total. The number of rotatable bonds is 5. The highest BCUT2D eigenvalue weighted by Gasteiger charge is 2.21. The number of nitrogens with one attached hydrogen (secondary N) is 2. The predicted octanol–water partition coefficient (Wildman–Crippen LogP) is 0.879. The molecule has 2 heterocycles. The first-order chi connectivity index (χ1) is 9.78. The average Bonchev–Trinajstić information content (AvgIpc) is 3.19. The molecular weight excluding hydrogens is 254 g/mol. The zero-order chi connectivity index (χ0) is 13.9. The zero-order valence-corrected chi connectivity index (χ0v) is 11.3. The van der Waals surface area contributed by atoms with Gasteiger partial charge in [-0.05, 0) is 25.0 Å². The summed E-state index contributed by atoms with van der Waals surface area (Å²) in [6.45, 7) is 0.767. The van der Waals surface area contributed by atoms with Gasteiger partial charge in [-0.25, -0.2) is 9.67 Å². The maximum Gasteiger partial charge on any atom is 0.271 e. The van der Waals surface area contributed by atoms with Gasteiger partial charge in [0.15, 0.2) is 11.5 Å². The standard InChI is InChI=1S/C14H17N5O/c1-15-14(20)12-6-8-19(18-12)13-10(3-2-7-16-13)9-17-11-4-5-11/h2-3,6-8,11,17H,4-5,9H2,1H3,(H,15,20). The molecule has 1 amide bonds. The van der Waals surface area contributed by atoms with Gasteiger partial charge in [0.1, 0.15) is 0 Å². The molecule has 6 nitrogen and oxygen atoms in total. The summed E-state index contributed by atoms with van der Waals surface area (Å²) in [6.07, 6.45) is 5.99. The number of hydrogen-bond donors (Lipinski definition) is 2. The molecule has 2 aromatic heterocycles. The number of hydrogen-bond acceptors (Lipinski definition) is 4. The fourth-order valence-electron chi connectivity index (χ4n) is 2.01. The first-order valence-electron chi connectivity index (χ1n) is 6.73. The van der Waals surface area contributed by atoms with E-state index in [-0.39, 0.29) is 5.91 Å². The van der Waals surface area contributed by atoms with Crippen molar-refractivity contribution in [3.05, 3.63) is 41.9 Å². The topological polar surface area (TPSA) is 71.8 Å². The van der Waals surface area contributed by atoms with Crippen LogP contribution in [-0.4, -0.2) is 33.8 Å². The SMILES string of the molecule is CNC(=O)c1ccn(-c2ncccc2CNC2CC2)n1. The third-order valence-corrected chi connectivity index (χ3v) is 3.29. The lowest BCUT2D eigenvalue weighted by molar-refractivity contribution is 0.0957. The minimum Gasteiger partial charge on any atom is -0.354 e. The number of amides is 1. The molecule has 0 spiro atoms. The molecule has 2 aromatic rings. The van der Waals surface area contributed by atoms with Crippen LogP contribution in [0.4, 0.5) is 0 Å². The van der Waals surface area contributed by atoms with E-state index in [0.717, 1.165) is 17.9 Å². The summed E-state index contributed by atoms with van der Waals surface area (Å²) < 4.78 is 1.65. The summed E-state index contributed by atoms with van der Waals surface area (Å²) in [5.74, 6) is 0.563. The molecule has 1 aliphatic carbocycles. The Kier molecular flexibility index (Phi) is 3.47. The van der Waals surface area contributed by atoms with Gasteiger partial charge >= 0.3 is 0 Å². The number of nitrogens with zero attached hydrogens (tertiary/aromatic N) is 3. The number of pyridine rings is 1. The summed E-state index contributed by atoms with van der Waals surface area (Å²) in [4.78, 5) is 15.9. The van der Waals surface area contributed by atoms with Gasteiger partial charge in [-0.1, -0.05) is 6.07 Å². The molecule has 0 atom stereocenters. The molecule has 1 fully saturated rings. The van der Waals surface area contributed by atoms with Crippen molar-refractivity contribution in [1.29, 1.82) is 0 Å². The Morgan fingerprint density at radius 3 is 3.05 bits per heavy atom. The van der Waals surface area contributed by atoms with Gasteiger partial charge in [-0.2, -0.15) is 5.10 Å². The van der Waals surface area contributed by atoms with Crippen molar-refractivity contribution in [2.24, 2.45) is 0 Å². The molecule has 6 heteroatoms. The fourth-order valence-corrected chi connectivity index (χ4v) is 2.01. The van der Waals surface area contributed by atoms with E-state index in [1.54, 1.807) is 30.2 Å². The first kappa shape index (κ1) is 12.8. The van der Waals surface area contributed by atoms with Crippen molar-refractivity contribution < 1.29 is 4.79 Å². The van der Waals surface area contributed by atoms with E-state index in [1.807, 2.05) is 12.1 Å². The predicted molar refractivity (Wildman–Crippen MR) is 74.6 cm³/mol. The van der Waals surface area contributed by atoms with Gasteiger partial charge in [0.05, 0.1) is 0 Å². The van der Waals surface area contributed by atoms with Crippen LogP contribution in [0.2, 0.25) is 0 Å². The highest BCUT2D eigenvalue weighted by molar-refractivity contribution is 5.91. The van der Waals surface area contributed by atoms with E-state index < -0.39 is 0 Å². The van der Waals surface area contributed by atoms with E-state index >= 15 is 0 Å². The molecule has 0 unspecified atom stereocenters. The van der Waals surface area contributed by atoms with Crippen LogP contribution in [-0.2, 0) is 6.54 Å². The Morgan fingerprint density at radius 1 is 1.45 bits per heavy atom. The van der Waals surface area contributed by atoms with E-state index in [9.17, 15) is 4.79 Å². The van der Waals surface area contributed by atoms with Crippen LogP contribution in [0.3, 0.4) is 0 Å². The third-order valence-electron chi connectivity index (χ3n) is 3.29. The number of aromatic nitrogens is 3. The molecule has 0 saturated heterocycles. The van der Waals surface area contributed by atoms with Crippen molar-refractivity contribution >= 4 is 5.91 Å². The monoisotopic (exact) mass is 271 g/mol. The molecule has 20 heavy (non-hydrogen) atoms. The summed E-state index contributed by atoms with van der Waals surface area (Å²) in [7, 11) is 1.59. The molecule has 1 aliphatic rings. The summed E-state index contributed by atoms with van der Waals surface area (Å²) in [5.41, 5.74) is 1.46. The summed E-state index contributed by atoms with van der Waals surface area (Å²) in [5, 5.41) is 10.3. The Morgan fingerprint density at radius 2 is 2.30 bits per heavy atom. The summed E-state index contributed by atoms with van der Waals surface area (Å²) >= 11 is 0. The van der Waals surface area contributed by atoms with Crippen LogP contribution >= 0.6 is 0 Å². The Balaban J connectivity index is 1.84. The average molecular weight is 271 g/mol. The summed E-state index contributed by atoms with van der Waals surface area (Å²) in [6, 6.07) is 6.27.